The first-order valence-corrected chi connectivity index (χ1v) is 5.92. The van der Waals surface area contributed by atoms with Crippen molar-refractivity contribution in [1.82, 2.24) is 9.38 Å². The topological polar surface area (TPSA) is 17.3 Å². The van der Waals surface area contributed by atoms with Crippen LogP contribution >= 0.6 is 15.9 Å². The summed E-state index contributed by atoms with van der Waals surface area (Å²) in [5.41, 5.74) is 2.67. The van der Waals surface area contributed by atoms with Gasteiger partial charge in [0, 0.05) is 6.20 Å². The Bertz CT molecular complexity index is 691. The van der Waals surface area contributed by atoms with Crippen LogP contribution < -0.4 is 0 Å². The molecule has 2 aromatic heterocycles. The fraction of sp³-hybridized carbons (Fsp3) is 0. The van der Waals surface area contributed by atoms with Gasteiger partial charge < -0.3 is 0 Å². The number of imidazole rings is 1. The number of hydrogen-bond donors (Lipinski definition) is 0. The van der Waals surface area contributed by atoms with Gasteiger partial charge in [-0.2, -0.15) is 0 Å². The van der Waals surface area contributed by atoms with Gasteiger partial charge in [-0.05, 0) is 51.3 Å². The maximum absolute atomic E-state index is 13.2. The smallest absolute Gasteiger partial charge is 0.137 e. The predicted molar refractivity (Wildman–Crippen MR) is 68.3 cm³/mol. The van der Waals surface area contributed by atoms with Gasteiger partial charge in [-0.3, -0.25) is 4.40 Å². The molecule has 0 aliphatic rings. The van der Waals surface area contributed by atoms with E-state index in [1.54, 1.807) is 12.3 Å². The number of fused-ring (bicyclic) bond motifs is 1. The van der Waals surface area contributed by atoms with E-state index in [2.05, 4.69) is 20.9 Å². The SMILES string of the molecule is Fc1cccc(-c2ccc3ncc(Br)n3c2)c1. The molecule has 17 heavy (non-hydrogen) atoms. The Morgan fingerprint density at radius 1 is 1.12 bits per heavy atom. The lowest BCUT2D eigenvalue weighted by molar-refractivity contribution is 0.628. The van der Waals surface area contributed by atoms with E-state index in [0.717, 1.165) is 21.4 Å². The fourth-order valence-corrected chi connectivity index (χ4v) is 2.18. The van der Waals surface area contributed by atoms with E-state index in [9.17, 15) is 4.39 Å². The maximum Gasteiger partial charge on any atom is 0.137 e. The summed E-state index contributed by atoms with van der Waals surface area (Å²) in [6.07, 6.45) is 3.67. The standard InChI is InChI=1S/C13H8BrFN2/c14-12-7-16-13-5-4-10(8-17(12)13)9-2-1-3-11(15)6-9/h1-8H. The summed E-state index contributed by atoms with van der Waals surface area (Å²) in [7, 11) is 0. The van der Waals surface area contributed by atoms with Gasteiger partial charge in [0.2, 0.25) is 0 Å². The highest BCUT2D eigenvalue weighted by atomic mass is 79.9. The van der Waals surface area contributed by atoms with Crippen molar-refractivity contribution < 1.29 is 4.39 Å². The molecule has 0 radical (unpaired) electrons. The number of nitrogens with zero attached hydrogens (tertiary/aromatic N) is 2. The second kappa shape index (κ2) is 3.96. The third-order valence-electron chi connectivity index (χ3n) is 2.62. The van der Waals surface area contributed by atoms with Crippen LogP contribution in [0.25, 0.3) is 16.8 Å². The molecule has 1 aromatic carbocycles. The van der Waals surface area contributed by atoms with Crippen molar-refractivity contribution in [3.05, 3.63) is 59.2 Å². The predicted octanol–water partition coefficient (Wildman–Crippen LogP) is 3.90. The van der Waals surface area contributed by atoms with Gasteiger partial charge in [0.1, 0.15) is 16.1 Å². The number of hydrogen-bond acceptors (Lipinski definition) is 1. The Hall–Kier alpha value is -1.68. The molecule has 0 N–H and O–H groups in total. The first-order valence-electron chi connectivity index (χ1n) is 5.12. The Labute approximate surface area is 106 Å². The minimum atomic E-state index is -0.229. The first kappa shape index (κ1) is 10.5. The zero-order valence-electron chi connectivity index (χ0n) is 8.77. The summed E-state index contributed by atoms with van der Waals surface area (Å²) in [5.74, 6) is -0.229. The number of pyridine rings is 1. The van der Waals surface area contributed by atoms with Crippen LogP contribution in [0.4, 0.5) is 4.39 Å². The van der Waals surface area contributed by atoms with E-state index < -0.39 is 0 Å². The van der Waals surface area contributed by atoms with Crippen molar-refractivity contribution in [2.75, 3.05) is 0 Å². The van der Waals surface area contributed by atoms with E-state index in [1.165, 1.54) is 12.1 Å². The van der Waals surface area contributed by atoms with Gasteiger partial charge in [0.25, 0.3) is 0 Å². The normalized spacial score (nSPS) is 10.9. The van der Waals surface area contributed by atoms with E-state index in [4.69, 9.17) is 0 Å². The van der Waals surface area contributed by atoms with Crippen molar-refractivity contribution in [1.29, 1.82) is 0 Å². The summed E-state index contributed by atoms with van der Waals surface area (Å²) in [4.78, 5) is 4.21. The molecule has 84 valence electrons. The highest BCUT2D eigenvalue weighted by Gasteiger charge is 2.03. The highest BCUT2D eigenvalue weighted by Crippen LogP contribution is 2.22. The molecular weight excluding hydrogens is 283 g/mol. The molecule has 0 spiro atoms. The second-order valence-corrected chi connectivity index (χ2v) is 4.55. The van der Waals surface area contributed by atoms with Gasteiger partial charge in [-0.1, -0.05) is 12.1 Å². The van der Waals surface area contributed by atoms with Crippen LogP contribution in [0.2, 0.25) is 0 Å². The van der Waals surface area contributed by atoms with Gasteiger partial charge in [0.05, 0.1) is 6.20 Å². The van der Waals surface area contributed by atoms with Crippen LogP contribution in [0.3, 0.4) is 0 Å². The van der Waals surface area contributed by atoms with Gasteiger partial charge in [-0.25, -0.2) is 9.37 Å². The number of halogens is 2. The monoisotopic (exact) mass is 290 g/mol. The third kappa shape index (κ3) is 1.85. The lowest BCUT2D eigenvalue weighted by atomic mass is 10.1. The van der Waals surface area contributed by atoms with E-state index >= 15 is 0 Å². The quantitative estimate of drug-likeness (QED) is 0.664. The van der Waals surface area contributed by atoms with E-state index in [-0.39, 0.29) is 5.82 Å². The molecular formula is C13H8BrFN2. The molecule has 3 rings (SSSR count). The molecule has 0 unspecified atom stereocenters. The Balaban J connectivity index is 2.20. The summed E-state index contributed by atoms with van der Waals surface area (Å²) in [6, 6.07) is 10.4. The fourth-order valence-electron chi connectivity index (χ4n) is 1.79. The molecule has 0 fully saturated rings. The van der Waals surface area contributed by atoms with Crippen molar-refractivity contribution in [3.8, 4) is 11.1 Å². The minimum Gasteiger partial charge on any atom is -0.294 e. The van der Waals surface area contributed by atoms with Gasteiger partial charge in [-0.15, -0.1) is 0 Å². The molecule has 0 atom stereocenters. The Morgan fingerprint density at radius 2 is 2.00 bits per heavy atom. The average Bonchev–Trinajstić information content (AvgIpc) is 2.71. The summed E-state index contributed by atoms with van der Waals surface area (Å²) >= 11 is 3.41. The van der Waals surface area contributed by atoms with Crippen molar-refractivity contribution in [3.63, 3.8) is 0 Å². The second-order valence-electron chi connectivity index (χ2n) is 3.74. The molecule has 0 aliphatic heterocycles. The van der Waals surface area contributed by atoms with Crippen molar-refractivity contribution >= 4 is 21.6 Å². The average molecular weight is 291 g/mol. The van der Waals surface area contributed by atoms with E-state index in [0.29, 0.717) is 0 Å². The summed E-state index contributed by atoms with van der Waals surface area (Å²) in [6.45, 7) is 0. The summed E-state index contributed by atoms with van der Waals surface area (Å²) in [5, 5.41) is 0. The summed E-state index contributed by atoms with van der Waals surface area (Å²) < 4.78 is 16.0. The molecule has 0 saturated heterocycles. The number of aromatic nitrogens is 2. The number of rotatable bonds is 1. The van der Waals surface area contributed by atoms with E-state index in [1.807, 2.05) is 28.8 Å². The van der Waals surface area contributed by atoms with Crippen molar-refractivity contribution in [2.24, 2.45) is 0 Å². The molecule has 0 bridgehead atoms. The van der Waals surface area contributed by atoms with Crippen LogP contribution in [0.15, 0.2) is 53.4 Å². The molecule has 3 aromatic rings. The maximum atomic E-state index is 13.2. The molecule has 0 saturated carbocycles. The molecule has 0 amide bonds. The van der Waals surface area contributed by atoms with Gasteiger partial charge in [0.15, 0.2) is 0 Å². The Kier molecular flexibility index (Phi) is 2.44. The largest absolute Gasteiger partial charge is 0.294 e. The molecule has 4 heteroatoms. The lowest BCUT2D eigenvalue weighted by Crippen LogP contribution is -1.87. The zero-order chi connectivity index (χ0) is 11.8. The van der Waals surface area contributed by atoms with Gasteiger partial charge >= 0.3 is 0 Å². The highest BCUT2D eigenvalue weighted by molar-refractivity contribution is 9.10. The van der Waals surface area contributed by atoms with Crippen LogP contribution in [-0.2, 0) is 0 Å². The first-order chi connectivity index (χ1) is 8.24. The molecule has 0 aliphatic carbocycles. The van der Waals surface area contributed by atoms with Crippen molar-refractivity contribution in [2.45, 2.75) is 0 Å². The molecule has 2 nitrogen and oxygen atoms in total. The van der Waals surface area contributed by atoms with Crippen LogP contribution in [-0.4, -0.2) is 9.38 Å². The number of benzene rings is 1. The van der Waals surface area contributed by atoms with Crippen LogP contribution in [0, 0.1) is 5.82 Å². The lowest BCUT2D eigenvalue weighted by Gasteiger charge is -2.03. The minimum absolute atomic E-state index is 0.229. The molecule has 2 heterocycles. The third-order valence-corrected chi connectivity index (χ3v) is 3.21. The van der Waals surface area contributed by atoms with Crippen LogP contribution in [0.5, 0.6) is 0 Å². The van der Waals surface area contributed by atoms with Crippen LogP contribution in [0.1, 0.15) is 0 Å². The zero-order valence-corrected chi connectivity index (χ0v) is 10.4. The Morgan fingerprint density at radius 3 is 2.82 bits per heavy atom.